The van der Waals surface area contributed by atoms with Crippen molar-refractivity contribution in [2.45, 2.75) is 4.90 Å². The van der Waals surface area contributed by atoms with Gasteiger partial charge in [-0.3, -0.25) is 0 Å². The summed E-state index contributed by atoms with van der Waals surface area (Å²) >= 11 is 8.99. The Morgan fingerprint density at radius 3 is 2.39 bits per heavy atom. The molecule has 1 heterocycles. The van der Waals surface area contributed by atoms with Gasteiger partial charge in [-0.2, -0.15) is 0 Å². The number of anilines is 1. The van der Waals surface area contributed by atoms with Crippen molar-refractivity contribution in [2.75, 3.05) is 4.72 Å². The molecular weight excluding hydrogens is 342 g/mol. The Labute approximate surface area is 117 Å². The van der Waals surface area contributed by atoms with Crippen molar-refractivity contribution in [1.82, 2.24) is 9.97 Å². The molecule has 5 nitrogen and oxygen atoms in total. The van der Waals surface area contributed by atoms with Crippen molar-refractivity contribution in [1.29, 1.82) is 0 Å². The highest BCUT2D eigenvalue weighted by Gasteiger charge is 2.18. The smallest absolute Gasteiger partial charge is 0.247 e. The second-order valence-electron chi connectivity index (χ2n) is 3.26. The van der Waals surface area contributed by atoms with Crippen molar-refractivity contribution in [3.63, 3.8) is 0 Å². The maximum atomic E-state index is 12.0. The van der Waals surface area contributed by atoms with Crippen LogP contribution in [0.4, 0.5) is 5.95 Å². The van der Waals surface area contributed by atoms with Crippen molar-refractivity contribution >= 4 is 43.5 Å². The maximum absolute atomic E-state index is 12.0. The topological polar surface area (TPSA) is 72.0 Å². The normalized spacial score (nSPS) is 11.2. The third-order valence-corrected chi connectivity index (χ3v) is 4.21. The number of hydrogen-bond donors (Lipinski definition) is 1. The Bertz CT molecular complexity index is 661. The highest BCUT2D eigenvalue weighted by molar-refractivity contribution is 9.10. The summed E-state index contributed by atoms with van der Waals surface area (Å²) in [5.41, 5.74) is 0. The number of nitrogens with zero attached hydrogens (tertiary/aromatic N) is 2. The lowest BCUT2D eigenvalue weighted by molar-refractivity contribution is 0.601. The molecule has 94 valence electrons. The molecule has 2 aromatic rings. The molecule has 2 rings (SSSR count). The molecule has 1 N–H and O–H groups in total. The summed E-state index contributed by atoms with van der Waals surface area (Å²) in [5, 5.41) is 0.141. The molecule has 0 spiro atoms. The summed E-state index contributed by atoms with van der Waals surface area (Å²) in [5.74, 6) is -0.0156. The molecule has 0 unspecified atom stereocenters. The van der Waals surface area contributed by atoms with Gasteiger partial charge in [0, 0.05) is 12.4 Å². The summed E-state index contributed by atoms with van der Waals surface area (Å²) in [6, 6.07) is 6.14. The third kappa shape index (κ3) is 2.98. The van der Waals surface area contributed by atoms with Crippen molar-refractivity contribution in [3.05, 3.63) is 46.2 Å². The molecule has 0 aliphatic carbocycles. The van der Waals surface area contributed by atoms with Crippen LogP contribution in [0.25, 0.3) is 0 Å². The molecule has 0 amide bonds. The van der Waals surface area contributed by atoms with Crippen LogP contribution in [0.1, 0.15) is 0 Å². The van der Waals surface area contributed by atoms with Gasteiger partial charge in [0.05, 0.1) is 9.50 Å². The van der Waals surface area contributed by atoms with E-state index < -0.39 is 10.0 Å². The first-order valence-corrected chi connectivity index (χ1v) is 7.39. The van der Waals surface area contributed by atoms with Gasteiger partial charge < -0.3 is 0 Å². The Morgan fingerprint density at radius 2 is 1.78 bits per heavy atom. The highest BCUT2D eigenvalue weighted by Crippen LogP contribution is 2.22. The first-order chi connectivity index (χ1) is 8.49. The number of halogens is 2. The molecule has 1 aromatic carbocycles. The second-order valence-corrected chi connectivity index (χ2v) is 6.23. The van der Waals surface area contributed by atoms with E-state index in [1.165, 1.54) is 24.5 Å². The summed E-state index contributed by atoms with van der Waals surface area (Å²) in [6.45, 7) is 0. The largest absolute Gasteiger partial charge is 0.265 e. The zero-order valence-electron chi connectivity index (χ0n) is 8.84. The molecule has 0 atom stereocenters. The molecule has 8 heteroatoms. The Morgan fingerprint density at radius 1 is 1.17 bits per heavy atom. The van der Waals surface area contributed by atoms with Gasteiger partial charge >= 0.3 is 0 Å². The average Bonchev–Trinajstić information content (AvgIpc) is 2.32. The summed E-state index contributed by atoms with van der Waals surface area (Å²) in [6.07, 6.45) is 2.88. The second kappa shape index (κ2) is 5.21. The summed E-state index contributed by atoms with van der Waals surface area (Å²) in [4.78, 5) is 7.64. The number of benzene rings is 1. The highest BCUT2D eigenvalue weighted by atomic mass is 79.9. The third-order valence-electron chi connectivity index (χ3n) is 1.97. The zero-order valence-corrected chi connectivity index (χ0v) is 12.0. The van der Waals surface area contributed by atoms with Gasteiger partial charge in [0.2, 0.25) is 5.95 Å². The minimum absolute atomic E-state index is 0.0156. The first-order valence-electron chi connectivity index (χ1n) is 4.74. The number of nitrogens with one attached hydrogen (secondary N) is 1. The van der Waals surface area contributed by atoms with Crippen molar-refractivity contribution in [2.24, 2.45) is 0 Å². The minimum Gasteiger partial charge on any atom is -0.247 e. The van der Waals surface area contributed by atoms with E-state index in [0.717, 1.165) is 0 Å². The van der Waals surface area contributed by atoms with Crippen LogP contribution in [-0.2, 0) is 10.0 Å². The standard InChI is InChI=1S/C10H7BrClN3O2S/c11-7-5-13-10(14-6-7)15-18(16,17)9-4-2-1-3-8(9)12/h1-6H,(H,13,14,15). The lowest BCUT2D eigenvalue weighted by Gasteiger charge is -2.07. The molecule has 0 aliphatic rings. The molecule has 0 fully saturated rings. The molecule has 0 aliphatic heterocycles. The van der Waals surface area contributed by atoms with E-state index in [4.69, 9.17) is 11.6 Å². The van der Waals surface area contributed by atoms with Crippen LogP contribution in [0.2, 0.25) is 5.02 Å². The van der Waals surface area contributed by atoms with E-state index in [9.17, 15) is 8.42 Å². The van der Waals surface area contributed by atoms with Crippen molar-refractivity contribution < 1.29 is 8.42 Å². The van der Waals surface area contributed by atoms with Gasteiger partial charge in [-0.15, -0.1) is 0 Å². The number of rotatable bonds is 3. The van der Waals surface area contributed by atoms with Crippen LogP contribution in [0, 0.1) is 0 Å². The van der Waals surface area contributed by atoms with Gasteiger partial charge in [0.1, 0.15) is 4.90 Å². The van der Waals surface area contributed by atoms with E-state index >= 15 is 0 Å². The van der Waals surface area contributed by atoms with Gasteiger partial charge in [-0.1, -0.05) is 23.7 Å². The number of aromatic nitrogens is 2. The molecular formula is C10H7BrClN3O2S. The molecule has 0 saturated heterocycles. The van der Waals surface area contributed by atoms with E-state index in [-0.39, 0.29) is 15.9 Å². The Hall–Kier alpha value is -1.18. The van der Waals surface area contributed by atoms with Gasteiger partial charge in [0.15, 0.2) is 0 Å². The molecule has 0 saturated carbocycles. The molecule has 0 radical (unpaired) electrons. The van der Waals surface area contributed by atoms with E-state index in [1.807, 2.05) is 0 Å². The molecule has 18 heavy (non-hydrogen) atoms. The van der Waals surface area contributed by atoms with Crippen molar-refractivity contribution in [3.8, 4) is 0 Å². The monoisotopic (exact) mass is 347 g/mol. The molecule has 1 aromatic heterocycles. The van der Waals surface area contributed by atoms with E-state index in [0.29, 0.717) is 4.47 Å². The molecule has 0 bridgehead atoms. The van der Waals surface area contributed by atoms with Gasteiger partial charge in [-0.05, 0) is 28.1 Å². The summed E-state index contributed by atoms with van der Waals surface area (Å²) < 4.78 is 26.9. The lowest BCUT2D eigenvalue weighted by atomic mass is 10.4. The predicted octanol–water partition coefficient (Wildman–Crippen LogP) is 2.69. The van der Waals surface area contributed by atoms with E-state index in [1.54, 1.807) is 12.1 Å². The lowest BCUT2D eigenvalue weighted by Crippen LogP contribution is -2.15. The number of sulfonamides is 1. The van der Waals surface area contributed by atoms with Crippen LogP contribution in [0.5, 0.6) is 0 Å². The van der Waals surface area contributed by atoms with Crippen LogP contribution in [0.3, 0.4) is 0 Å². The fraction of sp³-hybridized carbons (Fsp3) is 0. The quantitative estimate of drug-likeness (QED) is 0.925. The van der Waals surface area contributed by atoms with Crippen LogP contribution in [-0.4, -0.2) is 18.4 Å². The average molecular weight is 349 g/mol. The number of hydrogen-bond acceptors (Lipinski definition) is 4. The SMILES string of the molecule is O=S(=O)(Nc1ncc(Br)cn1)c1ccccc1Cl. The fourth-order valence-electron chi connectivity index (χ4n) is 1.20. The van der Waals surface area contributed by atoms with Gasteiger partial charge in [-0.25, -0.2) is 23.1 Å². The Balaban J connectivity index is 2.33. The first kappa shape index (κ1) is 13.3. The summed E-state index contributed by atoms with van der Waals surface area (Å²) in [7, 11) is -3.78. The van der Waals surface area contributed by atoms with Crippen LogP contribution >= 0.6 is 27.5 Å². The van der Waals surface area contributed by atoms with Crippen LogP contribution < -0.4 is 4.72 Å². The Kier molecular flexibility index (Phi) is 3.84. The van der Waals surface area contributed by atoms with Crippen LogP contribution in [0.15, 0.2) is 46.0 Å². The maximum Gasteiger partial charge on any atom is 0.265 e. The zero-order chi connectivity index (χ0) is 13.2. The van der Waals surface area contributed by atoms with E-state index in [2.05, 4.69) is 30.6 Å². The minimum atomic E-state index is -3.78. The fourth-order valence-corrected chi connectivity index (χ4v) is 2.89. The van der Waals surface area contributed by atoms with Gasteiger partial charge in [0.25, 0.3) is 10.0 Å². The predicted molar refractivity (Wildman–Crippen MR) is 72.0 cm³/mol.